The van der Waals surface area contributed by atoms with Crippen LogP contribution in [0.5, 0.6) is 0 Å². The topological polar surface area (TPSA) is 104 Å². The Balaban J connectivity index is 1.49. The highest BCUT2D eigenvalue weighted by molar-refractivity contribution is 5.96. The first-order valence-electron chi connectivity index (χ1n) is 11.4. The van der Waals surface area contributed by atoms with Gasteiger partial charge in [-0.15, -0.1) is 0 Å². The molecule has 172 valence electrons. The Bertz CT molecular complexity index is 1010. The Morgan fingerprint density at radius 2 is 1.84 bits per heavy atom. The van der Waals surface area contributed by atoms with Gasteiger partial charge in [0.05, 0.1) is 17.9 Å². The van der Waals surface area contributed by atoms with Crippen LogP contribution in [0.4, 0.5) is 5.82 Å². The first-order valence-corrected chi connectivity index (χ1v) is 11.4. The molecule has 4 rings (SSSR count). The third kappa shape index (κ3) is 4.08. The molecule has 0 atom stereocenters. The van der Waals surface area contributed by atoms with E-state index >= 15 is 0 Å². The van der Waals surface area contributed by atoms with Crippen LogP contribution in [0.3, 0.4) is 0 Å². The van der Waals surface area contributed by atoms with E-state index in [9.17, 15) is 9.59 Å². The van der Waals surface area contributed by atoms with E-state index < -0.39 is 0 Å². The number of piperidine rings is 1. The summed E-state index contributed by atoms with van der Waals surface area (Å²) in [5.41, 5.74) is 3.37. The van der Waals surface area contributed by atoms with Gasteiger partial charge in [0.1, 0.15) is 23.0 Å². The summed E-state index contributed by atoms with van der Waals surface area (Å²) >= 11 is 0. The number of amides is 2. The van der Waals surface area contributed by atoms with E-state index in [0.29, 0.717) is 37.5 Å². The standard InChI is InChI=1S/C23H32N6O3/c1-13(2)20-19(14(3)32-27-20)23(31)28-9-6-16(7-10-28)21-25-18-8-11-29(15(4)30)12-17(18)22(24-5)26-21/h13,16H,6-12H2,1-5H3,(H,24,25,26). The van der Waals surface area contributed by atoms with E-state index in [2.05, 4.69) is 10.5 Å². The first kappa shape index (κ1) is 22.2. The van der Waals surface area contributed by atoms with E-state index in [1.54, 1.807) is 13.8 Å². The number of carbonyl (C=O) groups excluding carboxylic acids is 2. The molecule has 0 radical (unpaired) electrons. The fraction of sp³-hybridized carbons (Fsp3) is 0.609. The molecule has 4 heterocycles. The zero-order valence-corrected chi connectivity index (χ0v) is 19.6. The molecule has 1 fully saturated rings. The van der Waals surface area contributed by atoms with E-state index in [4.69, 9.17) is 14.5 Å². The highest BCUT2D eigenvalue weighted by Crippen LogP contribution is 2.32. The molecule has 9 heteroatoms. The van der Waals surface area contributed by atoms with Gasteiger partial charge in [-0.1, -0.05) is 19.0 Å². The maximum Gasteiger partial charge on any atom is 0.259 e. The van der Waals surface area contributed by atoms with Crippen molar-refractivity contribution in [2.75, 3.05) is 32.0 Å². The largest absolute Gasteiger partial charge is 0.373 e. The van der Waals surface area contributed by atoms with Crippen molar-refractivity contribution >= 4 is 17.6 Å². The fourth-order valence-corrected chi connectivity index (χ4v) is 4.63. The molecule has 2 amide bonds. The summed E-state index contributed by atoms with van der Waals surface area (Å²) in [6, 6.07) is 0. The lowest BCUT2D eigenvalue weighted by Crippen LogP contribution is -2.39. The minimum absolute atomic E-state index is 0.00232. The molecule has 0 saturated carbocycles. The van der Waals surface area contributed by atoms with E-state index in [1.807, 2.05) is 30.7 Å². The van der Waals surface area contributed by atoms with Crippen LogP contribution in [0.2, 0.25) is 0 Å². The third-order valence-electron chi connectivity index (χ3n) is 6.56. The van der Waals surface area contributed by atoms with Crippen LogP contribution in [0, 0.1) is 6.92 Å². The zero-order chi connectivity index (χ0) is 23.0. The van der Waals surface area contributed by atoms with E-state index in [1.165, 1.54) is 0 Å². The Labute approximate surface area is 188 Å². The molecular formula is C23H32N6O3. The number of aryl methyl sites for hydroxylation is 1. The predicted octanol–water partition coefficient (Wildman–Crippen LogP) is 2.86. The molecule has 0 aliphatic carbocycles. The Morgan fingerprint density at radius 3 is 2.47 bits per heavy atom. The first-order chi connectivity index (χ1) is 15.3. The quantitative estimate of drug-likeness (QED) is 0.779. The van der Waals surface area contributed by atoms with Gasteiger partial charge >= 0.3 is 0 Å². The second-order valence-electron chi connectivity index (χ2n) is 9.02. The number of likely N-dealkylation sites (tertiary alicyclic amines) is 1. The van der Waals surface area contributed by atoms with Crippen molar-refractivity contribution in [3.63, 3.8) is 0 Å². The average molecular weight is 441 g/mol. The number of nitrogens with zero attached hydrogens (tertiary/aromatic N) is 5. The molecule has 0 spiro atoms. The maximum atomic E-state index is 13.2. The molecule has 0 unspecified atom stereocenters. The smallest absolute Gasteiger partial charge is 0.259 e. The summed E-state index contributed by atoms with van der Waals surface area (Å²) in [5, 5.41) is 7.29. The second kappa shape index (κ2) is 8.88. The molecular weight excluding hydrogens is 408 g/mol. The summed E-state index contributed by atoms with van der Waals surface area (Å²) in [4.78, 5) is 38.4. The molecule has 0 aromatic carbocycles. The van der Waals surface area contributed by atoms with Crippen molar-refractivity contribution in [1.29, 1.82) is 0 Å². The number of aromatic nitrogens is 3. The molecule has 9 nitrogen and oxygen atoms in total. The maximum absolute atomic E-state index is 13.2. The van der Waals surface area contributed by atoms with Crippen LogP contribution >= 0.6 is 0 Å². The lowest BCUT2D eigenvalue weighted by atomic mass is 9.94. The molecule has 2 aromatic heterocycles. The lowest BCUT2D eigenvalue weighted by molar-refractivity contribution is -0.129. The summed E-state index contributed by atoms with van der Waals surface area (Å²) in [6.07, 6.45) is 2.37. The molecule has 32 heavy (non-hydrogen) atoms. The van der Waals surface area contributed by atoms with E-state index in [-0.39, 0.29) is 23.7 Å². The normalized spacial score (nSPS) is 16.9. The minimum atomic E-state index is -0.00232. The molecule has 2 aromatic rings. The van der Waals surface area contributed by atoms with Gasteiger partial charge in [-0.25, -0.2) is 9.97 Å². The van der Waals surface area contributed by atoms with Gasteiger partial charge in [0.15, 0.2) is 0 Å². The van der Waals surface area contributed by atoms with Crippen molar-refractivity contribution in [2.45, 2.75) is 65.3 Å². The lowest BCUT2D eigenvalue weighted by Gasteiger charge is -2.33. The molecule has 0 bridgehead atoms. The summed E-state index contributed by atoms with van der Waals surface area (Å²) in [5.74, 6) is 2.62. The number of hydrogen-bond donors (Lipinski definition) is 1. The SMILES string of the molecule is CNc1nc(C2CCN(C(=O)c3c(C(C)C)noc3C)CC2)nc2c1CN(C(C)=O)CC2. The Kier molecular flexibility index (Phi) is 6.17. The number of fused-ring (bicyclic) bond motifs is 1. The average Bonchev–Trinajstić information content (AvgIpc) is 3.19. The molecule has 2 aliphatic heterocycles. The van der Waals surface area contributed by atoms with E-state index in [0.717, 1.165) is 47.9 Å². The van der Waals surface area contributed by atoms with Crippen LogP contribution in [0.25, 0.3) is 0 Å². The highest BCUT2D eigenvalue weighted by Gasteiger charge is 2.32. The number of carbonyl (C=O) groups is 2. The van der Waals surface area contributed by atoms with Crippen LogP contribution in [0.1, 0.15) is 84.3 Å². The van der Waals surface area contributed by atoms with Crippen LogP contribution in [-0.4, -0.2) is 63.4 Å². The molecule has 1 N–H and O–H groups in total. The van der Waals surface area contributed by atoms with Gasteiger partial charge in [-0.2, -0.15) is 0 Å². The highest BCUT2D eigenvalue weighted by atomic mass is 16.5. The minimum Gasteiger partial charge on any atom is -0.373 e. The number of hydrogen-bond acceptors (Lipinski definition) is 7. The van der Waals surface area contributed by atoms with Crippen LogP contribution in [0.15, 0.2) is 4.52 Å². The second-order valence-corrected chi connectivity index (χ2v) is 9.02. The van der Waals surface area contributed by atoms with Gasteiger partial charge in [-0.3, -0.25) is 9.59 Å². The Morgan fingerprint density at radius 1 is 1.12 bits per heavy atom. The summed E-state index contributed by atoms with van der Waals surface area (Å²) in [6.45, 7) is 9.96. The van der Waals surface area contributed by atoms with Crippen molar-refractivity contribution in [3.8, 4) is 0 Å². The monoisotopic (exact) mass is 440 g/mol. The summed E-state index contributed by atoms with van der Waals surface area (Å²) < 4.78 is 5.31. The molecule has 2 aliphatic rings. The van der Waals surface area contributed by atoms with Gasteiger partial charge in [0.25, 0.3) is 5.91 Å². The van der Waals surface area contributed by atoms with Gasteiger partial charge < -0.3 is 19.6 Å². The van der Waals surface area contributed by atoms with Gasteiger partial charge in [-0.05, 0) is 25.7 Å². The van der Waals surface area contributed by atoms with Crippen LogP contribution < -0.4 is 5.32 Å². The van der Waals surface area contributed by atoms with Crippen molar-refractivity contribution in [3.05, 3.63) is 34.1 Å². The number of anilines is 1. The third-order valence-corrected chi connectivity index (χ3v) is 6.56. The predicted molar refractivity (Wildman–Crippen MR) is 120 cm³/mol. The fourth-order valence-electron chi connectivity index (χ4n) is 4.63. The molecule has 1 saturated heterocycles. The Hall–Kier alpha value is -2.97. The van der Waals surface area contributed by atoms with Crippen LogP contribution in [-0.2, 0) is 17.8 Å². The van der Waals surface area contributed by atoms with Crippen molar-refractivity contribution in [1.82, 2.24) is 24.9 Å². The summed E-state index contributed by atoms with van der Waals surface area (Å²) in [7, 11) is 1.86. The number of rotatable bonds is 4. The number of nitrogens with one attached hydrogen (secondary N) is 1. The van der Waals surface area contributed by atoms with Gasteiger partial charge in [0, 0.05) is 51.5 Å². The van der Waals surface area contributed by atoms with Gasteiger partial charge in [0.2, 0.25) is 5.91 Å². The zero-order valence-electron chi connectivity index (χ0n) is 19.6. The van der Waals surface area contributed by atoms with Crippen molar-refractivity contribution in [2.24, 2.45) is 0 Å². The van der Waals surface area contributed by atoms with Crippen molar-refractivity contribution < 1.29 is 14.1 Å².